The van der Waals surface area contributed by atoms with Crippen molar-refractivity contribution in [1.29, 1.82) is 0 Å². The van der Waals surface area contributed by atoms with Crippen LogP contribution in [0.5, 0.6) is 0 Å². The molecule has 0 fully saturated rings. The summed E-state index contributed by atoms with van der Waals surface area (Å²) >= 11 is 0. The molecular formula is C10H17Cl2N5O2. The number of hydrogen-bond donors (Lipinski definition) is 0. The monoisotopic (exact) mass is 309 g/mol. The Morgan fingerprint density at radius 3 is 2.58 bits per heavy atom. The predicted molar refractivity (Wildman–Crippen MR) is 77.8 cm³/mol. The summed E-state index contributed by atoms with van der Waals surface area (Å²) in [5.41, 5.74) is 0.923. The van der Waals surface area contributed by atoms with Gasteiger partial charge in [-0.3, -0.25) is 14.8 Å². The first-order valence-electron chi connectivity index (χ1n) is 5.24. The van der Waals surface area contributed by atoms with Crippen molar-refractivity contribution < 1.29 is 10.3 Å². The van der Waals surface area contributed by atoms with Gasteiger partial charge in [0.25, 0.3) is 0 Å². The lowest BCUT2D eigenvalue weighted by Crippen LogP contribution is -2.51. The summed E-state index contributed by atoms with van der Waals surface area (Å²) in [5.74, 6) is 1.45. The van der Waals surface area contributed by atoms with Crippen LogP contribution in [0.2, 0.25) is 0 Å². The fourth-order valence-corrected chi connectivity index (χ4v) is 2.23. The maximum atomic E-state index is 12.1. The molecule has 7 nitrogen and oxygen atoms in total. The van der Waals surface area contributed by atoms with Crippen molar-refractivity contribution in [1.82, 2.24) is 14.5 Å². The molecule has 2 amide bonds. The van der Waals surface area contributed by atoms with Crippen LogP contribution in [-0.2, 0) is 7.05 Å². The van der Waals surface area contributed by atoms with Gasteiger partial charge in [0, 0.05) is 14.1 Å². The Morgan fingerprint density at radius 2 is 1.95 bits per heavy atom. The number of aromatic nitrogens is 2. The topological polar surface area (TPSA) is 85.2 Å². The van der Waals surface area contributed by atoms with E-state index in [1.54, 1.807) is 23.2 Å². The third-order valence-electron chi connectivity index (χ3n) is 3.11. The van der Waals surface area contributed by atoms with Crippen LogP contribution < -0.4 is 4.90 Å². The normalized spacial score (nSPS) is 19.6. The molecule has 0 bridgehead atoms. The molecule has 0 saturated heterocycles. The number of rotatable bonds is 0. The maximum Gasteiger partial charge on any atom is 0.331 e. The van der Waals surface area contributed by atoms with Crippen molar-refractivity contribution >= 4 is 42.5 Å². The summed E-state index contributed by atoms with van der Waals surface area (Å²) in [7, 11) is 3.66. The zero-order chi connectivity index (χ0) is 11.4. The molecule has 0 saturated carbocycles. The zero-order valence-electron chi connectivity index (χ0n) is 10.8. The summed E-state index contributed by atoms with van der Waals surface area (Å²) in [6.45, 7) is 2.67. The minimum absolute atomic E-state index is 0. The summed E-state index contributed by atoms with van der Waals surface area (Å²) in [4.78, 5) is 24.1. The Hall–Kier alpha value is -1.31. The number of fused-ring (bicyclic) bond motifs is 3. The molecule has 1 atom stereocenters. The Kier molecular flexibility index (Phi) is 5.37. The van der Waals surface area contributed by atoms with Crippen molar-refractivity contribution in [3.63, 3.8) is 0 Å². The van der Waals surface area contributed by atoms with E-state index in [1.807, 2.05) is 18.5 Å². The Morgan fingerprint density at radius 1 is 1.32 bits per heavy atom. The number of aliphatic imine (C=N–C) groups is 1. The maximum absolute atomic E-state index is 12.1. The van der Waals surface area contributed by atoms with E-state index in [0.29, 0.717) is 12.4 Å². The number of carbonyl (C=O) groups is 1. The summed E-state index contributed by atoms with van der Waals surface area (Å²) in [6.07, 6.45) is 1.71. The van der Waals surface area contributed by atoms with Crippen LogP contribution in [0.1, 0.15) is 12.6 Å². The van der Waals surface area contributed by atoms with Crippen LogP contribution in [0, 0.1) is 0 Å². The van der Waals surface area contributed by atoms with E-state index < -0.39 is 0 Å². The van der Waals surface area contributed by atoms with Gasteiger partial charge in [-0.25, -0.2) is 9.78 Å². The van der Waals surface area contributed by atoms with Gasteiger partial charge in [0.2, 0.25) is 0 Å². The van der Waals surface area contributed by atoms with E-state index in [9.17, 15) is 4.79 Å². The molecule has 19 heavy (non-hydrogen) atoms. The van der Waals surface area contributed by atoms with Gasteiger partial charge in [-0.1, -0.05) is 0 Å². The number of aryl methyl sites for hydroxylation is 1. The molecule has 2 aliphatic heterocycles. The van der Waals surface area contributed by atoms with Crippen molar-refractivity contribution in [2.45, 2.75) is 13.0 Å². The fourth-order valence-electron chi connectivity index (χ4n) is 2.23. The van der Waals surface area contributed by atoms with E-state index >= 15 is 0 Å². The lowest BCUT2D eigenvalue weighted by molar-refractivity contribution is 0.221. The summed E-state index contributed by atoms with van der Waals surface area (Å²) in [6, 6.07) is 0.0861. The van der Waals surface area contributed by atoms with Crippen LogP contribution in [0.3, 0.4) is 0 Å². The molecule has 2 aliphatic rings. The molecule has 0 unspecified atom stereocenters. The van der Waals surface area contributed by atoms with Gasteiger partial charge in [-0.05, 0) is 6.92 Å². The molecule has 0 radical (unpaired) electrons. The van der Waals surface area contributed by atoms with Crippen LogP contribution in [-0.4, -0.2) is 51.4 Å². The number of carbonyl (C=O) groups excluding carboxylic acids is 1. The average molecular weight is 310 g/mol. The number of amidine groups is 1. The largest absolute Gasteiger partial charge is 0.412 e. The van der Waals surface area contributed by atoms with Crippen LogP contribution in [0.25, 0.3) is 0 Å². The van der Waals surface area contributed by atoms with Gasteiger partial charge in [-0.2, -0.15) is 0 Å². The number of imidazole rings is 1. The highest BCUT2D eigenvalue weighted by molar-refractivity contribution is 6.18. The Balaban J connectivity index is 0.00000108. The highest BCUT2D eigenvalue weighted by Gasteiger charge is 2.41. The van der Waals surface area contributed by atoms with Gasteiger partial charge in [-0.15, -0.1) is 24.8 Å². The summed E-state index contributed by atoms with van der Waals surface area (Å²) in [5, 5.41) is 0. The molecule has 1 aromatic rings. The Labute approximate surface area is 123 Å². The fraction of sp³-hybridized carbons (Fsp3) is 0.500. The number of halogens is 2. The molecule has 0 aliphatic carbocycles. The van der Waals surface area contributed by atoms with Gasteiger partial charge in [0.05, 0.1) is 18.9 Å². The van der Waals surface area contributed by atoms with E-state index in [4.69, 9.17) is 0 Å². The standard InChI is InChI=1S/C10H13N5O.2ClH.H2O/c1-6-4-11-9-7-8(12-5-13(7)2)14(3)10(16)15(6)9;;;/h5-6H,4H2,1-3H3;2*1H;1H2/t6-;;;/m0.../s1. The molecule has 3 rings (SSSR count). The van der Waals surface area contributed by atoms with E-state index in [0.717, 1.165) is 11.5 Å². The second-order valence-electron chi connectivity index (χ2n) is 4.25. The molecule has 0 aromatic carbocycles. The molecule has 2 N–H and O–H groups in total. The molecule has 108 valence electrons. The van der Waals surface area contributed by atoms with E-state index in [-0.39, 0.29) is 42.4 Å². The lowest BCUT2D eigenvalue weighted by Gasteiger charge is -2.32. The molecular weight excluding hydrogens is 293 g/mol. The zero-order valence-corrected chi connectivity index (χ0v) is 12.5. The van der Waals surface area contributed by atoms with Crippen LogP contribution >= 0.6 is 24.8 Å². The first-order valence-corrected chi connectivity index (χ1v) is 5.24. The minimum atomic E-state index is -0.0463. The van der Waals surface area contributed by atoms with E-state index in [1.165, 1.54) is 0 Å². The minimum Gasteiger partial charge on any atom is -0.412 e. The second-order valence-corrected chi connectivity index (χ2v) is 4.25. The third kappa shape index (κ3) is 2.18. The Bertz CT molecular complexity index is 516. The SMILES string of the molecule is C[C@H]1CN=C2c3c(ncn3C)N(C)C(=O)N21.Cl.Cl.O. The van der Waals surface area contributed by atoms with Gasteiger partial charge in [0.15, 0.2) is 11.7 Å². The quantitative estimate of drug-likeness (QED) is 0.697. The van der Waals surface area contributed by atoms with Crippen LogP contribution in [0.15, 0.2) is 11.3 Å². The summed E-state index contributed by atoms with van der Waals surface area (Å²) < 4.78 is 1.90. The van der Waals surface area contributed by atoms with Crippen LogP contribution in [0.4, 0.5) is 10.6 Å². The van der Waals surface area contributed by atoms with Crippen molar-refractivity contribution in [3.8, 4) is 0 Å². The number of anilines is 1. The van der Waals surface area contributed by atoms with Crippen molar-refractivity contribution in [2.24, 2.45) is 12.0 Å². The van der Waals surface area contributed by atoms with E-state index in [2.05, 4.69) is 9.98 Å². The average Bonchev–Trinajstić information content (AvgIpc) is 2.79. The number of amides is 2. The lowest BCUT2D eigenvalue weighted by atomic mass is 10.2. The van der Waals surface area contributed by atoms with Crippen molar-refractivity contribution in [3.05, 3.63) is 12.0 Å². The molecule has 9 heteroatoms. The second kappa shape index (κ2) is 5.77. The first kappa shape index (κ1) is 17.7. The van der Waals surface area contributed by atoms with Gasteiger partial charge < -0.3 is 10.0 Å². The molecule has 0 spiro atoms. The van der Waals surface area contributed by atoms with Crippen molar-refractivity contribution in [2.75, 3.05) is 18.5 Å². The van der Waals surface area contributed by atoms with Gasteiger partial charge >= 0.3 is 6.03 Å². The first-order chi connectivity index (χ1) is 7.61. The number of urea groups is 1. The molecule has 1 aromatic heterocycles. The third-order valence-corrected chi connectivity index (χ3v) is 3.11. The predicted octanol–water partition coefficient (Wildman–Crippen LogP) is 0.459. The van der Waals surface area contributed by atoms with Gasteiger partial charge in [0.1, 0.15) is 5.69 Å². The molecule has 3 heterocycles. The highest BCUT2D eigenvalue weighted by Crippen LogP contribution is 2.30. The highest BCUT2D eigenvalue weighted by atomic mass is 35.5. The smallest absolute Gasteiger partial charge is 0.331 e. The number of hydrogen-bond acceptors (Lipinski definition) is 3. The number of nitrogens with zero attached hydrogens (tertiary/aromatic N) is 5.